The topological polar surface area (TPSA) is 119 Å². The van der Waals surface area contributed by atoms with Crippen molar-refractivity contribution in [2.24, 2.45) is 0 Å². The summed E-state index contributed by atoms with van der Waals surface area (Å²) in [7, 11) is 0. The predicted molar refractivity (Wildman–Crippen MR) is 70.1 cm³/mol. The first kappa shape index (κ1) is 16.2. The van der Waals surface area contributed by atoms with Crippen molar-refractivity contribution in [2.45, 2.75) is 31.7 Å². The molecule has 1 heterocycles. The molecule has 3 amide bonds. The Bertz CT molecular complexity index is 359. The van der Waals surface area contributed by atoms with Gasteiger partial charge in [-0.2, -0.15) is 0 Å². The molecule has 114 valence electrons. The third kappa shape index (κ3) is 5.43. The lowest BCUT2D eigenvalue weighted by atomic mass is 10.0. The zero-order valence-electron chi connectivity index (χ0n) is 11.3. The number of carbonyl (C=O) groups excluding carboxylic acids is 2. The zero-order valence-corrected chi connectivity index (χ0v) is 11.3. The quantitative estimate of drug-likeness (QED) is 0.506. The van der Waals surface area contributed by atoms with E-state index in [1.54, 1.807) is 4.90 Å². The molecule has 1 atom stereocenters. The second kappa shape index (κ2) is 8.36. The van der Waals surface area contributed by atoms with Crippen molar-refractivity contribution in [3.05, 3.63) is 0 Å². The van der Waals surface area contributed by atoms with Gasteiger partial charge in [-0.05, 0) is 25.7 Å². The Morgan fingerprint density at radius 1 is 1.15 bits per heavy atom. The van der Waals surface area contributed by atoms with E-state index in [9.17, 15) is 14.4 Å². The van der Waals surface area contributed by atoms with Crippen molar-refractivity contribution >= 4 is 17.9 Å². The van der Waals surface area contributed by atoms with Gasteiger partial charge in [-0.3, -0.25) is 9.59 Å². The number of aliphatic hydroxyl groups is 1. The third-order valence-corrected chi connectivity index (χ3v) is 3.19. The van der Waals surface area contributed by atoms with E-state index in [1.165, 1.54) is 0 Å². The number of carboxylic acid groups (broad SMARTS) is 1. The van der Waals surface area contributed by atoms with Crippen LogP contribution in [0.25, 0.3) is 0 Å². The fraction of sp³-hybridized carbons (Fsp3) is 0.750. The molecular formula is C12H21N3O5. The first-order valence-corrected chi connectivity index (χ1v) is 6.68. The summed E-state index contributed by atoms with van der Waals surface area (Å²) < 4.78 is 0. The van der Waals surface area contributed by atoms with E-state index in [2.05, 4.69) is 10.6 Å². The molecular weight excluding hydrogens is 266 g/mol. The summed E-state index contributed by atoms with van der Waals surface area (Å²) in [6.45, 7) is -0.0964. The number of carboxylic acids is 1. The molecule has 0 radical (unpaired) electrons. The van der Waals surface area contributed by atoms with Gasteiger partial charge in [-0.1, -0.05) is 0 Å². The lowest BCUT2D eigenvalue weighted by molar-refractivity contribution is -0.137. The molecule has 0 aliphatic carbocycles. The smallest absolute Gasteiger partial charge is 0.322 e. The lowest BCUT2D eigenvalue weighted by Crippen LogP contribution is -2.51. The van der Waals surface area contributed by atoms with Crippen LogP contribution < -0.4 is 10.6 Å². The van der Waals surface area contributed by atoms with E-state index in [4.69, 9.17) is 10.2 Å². The number of rotatable bonds is 6. The van der Waals surface area contributed by atoms with Crippen LogP contribution in [0.5, 0.6) is 0 Å². The number of aliphatic carboxylic acids is 1. The highest BCUT2D eigenvalue weighted by atomic mass is 16.4. The molecule has 0 aromatic carbocycles. The molecule has 4 N–H and O–H groups in total. The van der Waals surface area contributed by atoms with Crippen LogP contribution in [0.2, 0.25) is 0 Å². The summed E-state index contributed by atoms with van der Waals surface area (Å²) in [5.41, 5.74) is 0. The van der Waals surface area contributed by atoms with Crippen LogP contribution in [0.3, 0.4) is 0 Å². The molecule has 0 bridgehead atoms. The summed E-state index contributed by atoms with van der Waals surface area (Å²) in [5.74, 6) is -1.68. The number of urea groups is 1. The molecule has 8 nitrogen and oxygen atoms in total. The summed E-state index contributed by atoms with van der Waals surface area (Å²) in [5, 5.41) is 22.0. The van der Waals surface area contributed by atoms with Gasteiger partial charge >= 0.3 is 12.0 Å². The molecule has 1 aliphatic rings. The van der Waals surface area contributed by atoms with Crippen LogP contribution >= 0.6 is 0 Å². The fourth-order valence-corrected chi connectivity index (χ4v) is 2.21. The standard InChI is InChI=1S/C12H21N3O5/c16-6-4-9-3-1-2-5-15(9)12(20)14-7-10(17)13-8-11(18)19/h9,16H,1-8H2,(H,13,17)(H,14,20)(H,18,19). The van der Waals surface area contributed by atoms with Gasteiger partial charge in [0.15, 0.2) is 0 Å². The number of nitrogens with zero attached hydrogens (tertiary/aromatic N) is 1. The highest BCUT2D eigenvalue weighted by molar-refractivity contribution is 5.86. The molecule has 1 unspecified atom stereocenters. The Hall–Kier alpha value is -1.83. The second-order valence-electron chi connectivity index (χ2n) is 4.68. The number of piperidine rings is 1. The summed E-state index contributed by atoms with van der Waals surface area (Å²) >= 11 is 0. The monoisotopic (exact) mass is 287 g/mol. The molecule has 20 heavy (non-hydrogen) atoms. The molecule has 0 spiro atoms. The van der Waals surface area contributed by atoms with Crippen LogP contribution in [0.1, 0.15) is 25.7 Å². The Labute approximate surface area is 117 Å². The van der Waals surface area contributed by atoms with Crippen molar-refractivity contribution in [3.8, 4) is 0 Å². The van der Waals surface area contributed by atoms with Crippen LogP contribution in [0.4, 0.5) is 4.79 Å². The third-order valence-electron chi connectivity index (χ3n) is 3.19. The van der Waals surface area contributed by atoms with E-state index < -0.39 is 18.4 Å². The van der Waals surface area contributed by atoms with E-state index in [0.717, 1.165) is 19.3 Å². The van der Waals surface area contributed by atoms with Gasteiger partial charge in [0.1, 0.15) is 6.54 Å². The van der Waals surface area contributed by atoms with Crippen LogP contribution in [0, 0.1) is 0 Å². The Morgan fingerprint density at radius 3 is 2.55 bits per heavy atom. The number of hydrogen-bond donors (Lipinski definition) is 4. The number of likely N-dealkylation sites (tertiary alicyclic amines) is 1. The number of aliphatic hydroxyl groups excluding tert-OH is 1. The highest BCUT2D eigenvalue weighted by Gasteiger charge is 2.26. The van der Waals surface area contributed by atoms with Crippen molar-refractivity contribution in [2.75, 3.05) is 26.2 Å². The van der Waals surface area contributed by atoms with Gasteiger partial charge in [0, 0.05) is 19.2 Å². The summed E-state index contributed by atoms with van der Waals surface area (Å²) in [4.78, 5) is 35.2. The largest absolute Gasteiger partial charge is 0.480 e. The van der Waals surface area contributed by atoms with Crippen molar-refractivity contribution < 1.29 is 24.6 Å². The zero-order chi connectivity index (χ0) is 15.0. The van der Waals surface area contributed by atoms with Gasteiger partial charge in [0.05, 0.1) is 6.54 Å². The fourth-order valence-electron chi connectivity index (χ4n) is 2.21. The minimum absolute atomic E-state index is 0.00386. The van der Waals surface area contributed by atoms with Crippen molar-refractivity contribution in [1.82, 2.24) is 15.5 Å². The van der Waals surface area contributed by atoms with Gasteiger partial charge < -0.3 is 25.7 Å². The van der Waals surface area contributed by atoms with Crippen LogP contribution in [-0.2, 0) is 9.59 Å². The maximum absolute atomic E-state index is 12.0. The van der Waals surface area contributed by atoms with Crippen LogP contribution in [0.15, 0.2) is 0 Å². The molecule has 0 aromatic heterocycles. The molecule has 1 rings (SSSR count). The average Bonchev–Trinajstić information content (AvgIpc) is 2.43. The summed E-state index contributed by atoms with van der Waals surface area (Å²) in [6, 6.07) is -0.357. The van der Waals surface area contributed by atoms with E-state index in [-0.39, 0.29) is 25.2 Å². The van der Waals surface area contributed by atoms with Crippen molar-refractivity contribution in [1.29, 1.82) is 0 Å². The van der Waals surface area contributed by atoms with Gasteiger partial charge in [-0.15, -0.1) is 0 Å². The molecule has 1 fully saturated rings. The maximum atomic E-state index is 12.0. The molecule has 0 aromatic rings. The molecule has 8 heteroatoms. The molecule has 0 saturated carbocycles. The Balaban J connectivity index is 2.36. The Kier molecular flexibility index (Phi) is 6.78. The van der Waals surface area contributed by atoms with Gasteiger partial charge in [0.2, 0.25) is 5.91 Å². The number of amides is 3. The van der Waals surface area contributed by atoms with Crippen LogP contribution in [-0.4, -0.2) is 65.3 Å². The normalized spacial score (nSPS) is 18.4. The minimum Gasteiger partial charge on any atom is -0.480 e. The van der Waals surface area contributed by atoms with E-state index in [1.807, 2.05) is 0 Å². The summed E-state index contributed by atoms with van der Waals surface area (Å²) in [6.07, 6.45) is 3.30. The van der Waals surface area contributed by atoms with Gasteiger partial charge in [0.25, 0.3) is 0 Å². The first-order valence-electron chi connectivity index (χ1n) is 6.68. The predicted octanol–water partition coefficient (Wildman–Crippen LogP) is -0.866. The highest BCUT2D eigenvalue weighted by Crippen LogP contribution is 2.19. The number of nitrogens with one attached hydrogen (secondary N) is 2. The Morgan fingerprint density at radius 2 is 1.90 bits per heavy atom. The number of hydrogen-bond acceptors (Lipinski definition) is 4. The first-order chi connectivity index (χ1) is 9.54. The van der Waals surface area contributed by atoms with E-state index >= 15 is 0 Å². The minimum atomic E-state index is -1.14. The SMILES string of the molecule is O=C(O)CNC(=O)CNC(=O)N1CCCCC1CCO. The molecule has 1 aliphatic heterocycles. The van der Waals surface area contributed by atoms with E-state index in [0.29, 0.717) is 13.0 Å². The average molecular weight is 287 g/mol. The second-order valence-corrected chi connectivity index (χ2v) is 4.68. The number of carbonyl (C=O) groups is 3. The van der Waals surface area contributed by atoms with Gasteiger partial charge in [-0.25, -0.2) is 4.79 Å². The lowest BCUT2D eigenvalue weighted by Gasteiger charge is -2.35. The molecule has 1 saturated heterocycles. The van der Waals surface area contributed by atoms with Crippen molar-refractivity contribution in [3.63, 3.8) is 0 Å². The maximum Gasteiger partial charge on any atom is 0.322 e.